The van der Waals surface area contributed by atoms with Gasteiger partial charge in [-0.05, 0) is 60.6 Å². The molecule has 4 amide bonds. The fourth-order valence-corrected chi connectivity index (χ4v) is 9.20. The zero-order valence-corrected chi connectivity index (χ0v) is 28.8. The Balaban J connectivity index is 1.38. The van der Waals surface area contributed by atoms with Crippen LogP contribution in [0.1, 0.15) is 29.9 Å². The second-order valence-electron chi connectivity index (χ2n) is 13.0. The number of amides is 4. The molecule has 1 saturated carbocycles. The number of carbonyl (C=O) groups excluding carboxylic acids is 4. The average molecular weight is 786 g/mol. The predicted molar refractivity (Wildman–Crippen MR) is 175 cm³/mol. The molecule has 3 aromatic carbocycles. The summed E-state index contributed by atoms with van der Waals surface area (Å²) in [5, 5.41) is 19.8. The Morgan fingerprint density at radius 3 is 2.10 bits per heavy atom. The van der Waals surface area contributed by atoms with Crippen molar-refractivity contribution in [1.29, 1.82) is 0 Å². The number of allylic oxidation sites excluding steroid dienone is 2. The number of imide groups is 2. The Labute approximate surface area is 306 Å². The van der Waals surface area contributed by atoms with Gasteiger partial charge in [0, 0.05) is 12.5 Å². The SMILES string of the molecule is COc1cc([C@H]2C3=CC[C@@H]4C(=O)N(CCc5ccc(O)cc5)C(=O)[C@@H]4[C@@H]3C[C@@]3(Cl)C(=O)N(c4c(F)c(F)c(F)c(F)c4F)C(=O)[C@@]23Cl)cc(Cl)c1O. The summed E-state index contributed by atoms with van der Waals surface area (Å²) in [5.41, 5.74) is -1.02. The molecule has 0 unspecified atom stereocenters. The van der Waals surface area contributed by atoms with E-state index in [2.05, 4.69) is 0 Å². The molecule has 0 radical (unpaired) electrons. The first-order chi connectivity index (χ1) is 24.5. The summed E-state index contributed by atoms with van der Waals surface area (Å²) >= 11 is 20.6. The van der Waals surface area contributed by atoms with Crippen molar-refractivity contribution in [2.24, 2.45) is 17.8 Å². The molecular formula is C35H24Cl3F5N2O7. The van der Waals surface area contributed by atoms with Crippen LogP contribution in [0.3, 0.4) is 0 Å². The fraction of sp³-hybridized carbons (Fsp3) is 0.314. The lowest BCUT2D eigenvalue weighted by molar-refractivity contribution is -0.140. The van der Waals surface area contributed by atoms with E-state index >= 15 is 8.78 Å². The van der Waals surface area contributed by atoms with Gasteiger partial charge in [0.15, 0.2) is 44.5 Å². The van der Waals surface area contributed by atoms with Gasteiger partial charge in [-0.3, -0.25) is 24.1 Å². The molecule has 9 nitrogen and oxygen atoms in total. The van der Waals surface area contributed by atoms with Crippen LogP contribution in [0.15, 0.2) is 48.0 Å². The molecule has 4 aliphatic rings. The quantitative estimate of drug-likeness (QED) is 0.0756. The number of alkyl halides is 2. The zero-order chi connectivity index (χ0) is 37.8. The lowest BCUT2D eigenvalue weighted by Crippen LogP contribution is -2.60. The van der Waals surface area contributed by atoms with Crippen LogP contribution in [0.5, 0.6) is 17.2 Å². The third kappa shape index (κ3) is 4.79. The number of hydrogen-bond donors (Lipinski definition) is 2. The van der Waals surface area contributed by atoms with Gasteiger partial charge in [-0.1, -0.05) is 35.4 Å². The lowest BCUT2D eigenvalue weighted by Gasteiger charge is -2.50. The summed E-state index contributed by atoms with van der Waals surface area (Å²) in [4.78, 5) is 51.9. The number of fused-ring (bicyclic) bond motifs is 4. The van der Waals surface area contributed by atoms with Crippen LogP contribution in [0.2, 0.25) is 5.02 Å². The third-order valence-electron chi connectivity index (χ3n) is 10.5. The van der Waals surface area contributed by atoms with Gasteiger partial charge in [0.1, 0.15) is 11.4 Å². The average Bonchev–Trinajstić information content (AvgIpc) is 3.45. The first-order valence-electron chi connectivity index (χ1n) is 15.7. The number of nitrogens with zero attached hydrogens (tertiary/aromatic N) is 2. The molecule has 2 aliphatic carbocycles. The summed E-state index contributed by atoms with van der Waals surface area (Å²) in [6, 6.07) is 8.48. The number of benzene rings is 3. The molecule has 7 rings (SSSR count). The molecule has 2 aliphatic heterocycles. The smallest absolute Gasteiger partial charge is 0.258 e. The molecule has 2 heterocycles. The Morgan fingerprint density at radius 1 is 0.865 bits per heavy atom. The largest absolute Gasteiger partial charge is 0.508 e. The van der Waals surface area contributed by atoms with Crippen molar-refractivity contribution in [3.63, 3.8) is 0 Å². The van der Waals surface area contributed by atoms with Crippen molar-refractivity contribution in [3.8, 4) is 17.2 Å². The summed E-state index contributed by atoms with van der Waals surface area (Å²) < 4.78 is 78.7. The number of hydrogen-bond acceptors (Lipinski definition) is 7. The van der Waals surface area contributed by atoms with Crippen LogP contribution in [-0.2, 0) is 25.6 Å². The standard InChI is InChI=1S/C35H24Cl3F5N2O7/c1-52-20-11-14(10-19(36)29(20)47)22-16-6-7-17-21(31(49)44(30(17)48)9-8-13-2-4-15(46)5-3-13)18(16)12-34(37)32(50)45(33(51)35(22,34)38)28-26(42)24(40)23(39)25(41)27(28)43/h2-6,10-11,17-18,21-22,46-47H,7-9,12H2,1H3/t17-,18+,21-,22-,34+,35-/m0/s1. The maximum atomic E-state index is 15.2. The van der Waals surface area contributed by atoms with Crippen LogP contribution >= 0.6 is 34.8 Å². The number of methoxy groups -OCH3 is 1. The number of rotatable bonds is 6. The second-order valence-corrected chi connectivity index (χ2v) is 14.6. The molecule has 52 heavy (non-hydrogen) atoms. The molecule has 3 fully saturated rings. The first-order valence-corrected chi connectivity index (χ1v) is 16.8. The van der Waals surface area contributed by atoms with Gasteiger partial charge in [0.25, 0.3) is 11.8 Å². The highest BCUT2D eigenvalue weighted by molar-refractivity contribution is 6.58. The predicted octanol–water partition coefficient (Wildman–Crippen LogP) is 6.26. The highest BCUT2D eigenvalue weighted by atomic mass is 35.5. The molecule has 0 bridgehead atoms. The van der Waals surface area contributed by atoms with Crippen molar-refractivity contribution in [2.75, 3.05) is 18.6 Å². The maximum absolute atomic E-state index is 15.2. The Morgan fingerprint density at radius 2 is 1.48 bits per heavy atom. The number of aromatic hydroxyl groups is 2. The monoisotopic (exact) mass is 784 g/mol. The van der Waals surface area contributed by atoms with Gasteiger partial charge in [0.05, 0.1) is 24.0 Å². The Hall–Kier alpha value is -4.40. The fourth-order valence-electron chi connectivity index (χ4n) is 8.05. The van der Waals surface area contributed by atoms with Gasteiger partial charge < -0.3 is 14.9 Å². The van der Waals surface area contributed by atoms with E-state index in [1.165, 1.54) is 31.4 Å². The number of phenols is 2. The van der Waals surface area contributed by atoms with Gasteiger partial charge in [0.2, 0.25) is 17.6 Å². The van der Waals surface area contributed by atoms with Crippen LogP contribution < -0.4 is 9.64 Å². The number of likely N-dealkylation sites (tertiary alicyclic amines) is 1. The Bertz CT molecular complexity index is 2120. The van der Waals surface area contributed by atoms with Gasteiger partial charge in [-0.15, -0.1) is 23.2 Å². The molecule has 17 heteroatoms. The van der Waals surface area contributed by atoms with Gasteiger partial charge >= 0.3 is 0 Å². The van der Waals surface area contributed by atoms with E-state index in [9.17, 15) is 42.6 Å². The topological polar surface area (TPSA) is 124 Å². The van der Waals surface area contributed by atoms with Crippen LogP contribution in [0.4, 0.5) is 27.6 Å². The number of anilines is 1. The van der Waals surface area contributed by atoms with Gasteiger partial charge in [-0.25, -0.2) is 26.9 Å². The number of ether oxygens (including phenoxy) is 1. The molecule has 0 aromatic heterocycles. The molecule has 3 aromatic rings. The van der Waals surface area contributed by atoms with Crippen LogP contribution in [0.25, 0.3) is 0 Å². The van der Waals surface area contributed by atoms with Crippen LogP contribution in [-0.4, -0.2) is 62.1 Å². The van der Waals surface area contributed by atoms with Crippen molar-refractivity contribution in [1.82, 2.24) is 4.90 Å². The summed E-state index contributed by atoms with van der Waals surface area (Å²) in [7, 11) is 1.18. The van der Waals surface area contributed by atoms with E-state index in [4.69, 9.17) is 39.5 Å². The molecule has 2 N–H and O–H groups in total. The highest BCUT2D eigenvalue weighted by Gasteiger charge is 2.77. The van der Waals surface area contributed by atoms with Crippen LogP contribution in [0, 0.1) is 46.8 Å². The summed E-state index contributed by atoms with van der Waals surface area (Å²) in [6.45, 7) is -0.0530. The number of halogens is 8. The number of carbonyl (C=O) groups is 4. The highest BCUT2D eigenvalue weighted by Crippen LogP contribution is 2.66. The molecule has 6 atom stereocenters. The van der Waals surface area contributed by atoms with E-state index < -0.39 is 104 Å². The molecule has 2 saturated heterocycles. The van der Waals surface area contributed by atoms with Crippen molar-refractivity contribution < 1.29 is 56.1 Å². The van der Waals surface area contributed by atoms with Gasteiger partial charge in [-0.2, -0.15) is 0 Å². The summed E-state index contributed by atoms with van der Waals surface area (Å²) in [5.74, 6) is -22.5. The molecule has 0 spiro atoms. The van der Waals surface area contributed by atoms with E-state index in [-0.39, 0.29) is 51.9 Å². The Kier molecular flexibility index (Phi) is 8.54. The van der Waals surface area contributed by atoms with Crippen molar-refractivity contribution >= 4 is 64.1 Å². The van der Waals surface area contributed by atoms with E-state index in [1.807, 2.05) is 0 Å². The maximum Gasteiger partial charge on any atom is 0.258 e. The first kappa shape index (κ1) is 36.0. The second kappa shape index (κ2) is 12.3. The minimum absolute atomic E-state index is 0.0186. The molecular weight excluding hydrogens is 762 g/mol. The molecule has 272 valence electrons. The third-order valence-corrected chi connectivity index (χ3v) is 12.2. The van der Waals surface area contributed by atoms with Crippen molar-refractivity contribution in [2.45, 2.75) is 34.9 Å². The minimum atomic E-state index is -2.77. The van der Waals surface area contributed by atoms with Crippen molar-refractivity contribution in [3.05, 3.63) is 93.3 Å². The minimum Gasteiger partial charge on any atom is -0.508 e. The zero-order valence-electron chi connectivity index (χ0n) is 26.5. The van der Waals surface area contributed by atoms with E-state index in [1.54, 1.807) is 12.1 Å². The van der Waals surface area contributed by atoms with E-state index in [0.29, 0.717) is 5.56 Å². The summed E-state index contributed by atoms with van der Waals surface area (Å²) in [6.07, 6.45) is 1.04. The number of phenolic OH excluding ortho intramolecular Hbond substituents is 2. The van der Waals surface area contributed by atoms with E-state index in [0.717, 1.165) is 11.0 Å². The lowest BCUT2D eigenvalue weighted by atomic mass is 9.56. The normalized spacial score (nSPS) is 28.2.